The molecular weight excluding hydrogens is 739 g/mol. The van der Waals surface area contributed by atoms with E-state index in [0.29, 0.717) is 35.3 Å². The number of anilines is 1. The molecule has 1 fully saturated rings. The van der Waals surface area contributed by atoms with Gasteiger partial charge in [-0.2, -0.15) is 8.42 Å². The molecule has 1 saturated heterocycles. The van der Waals surface area contributed by atoms with Crippen molar-refractivity contribution < 1.29 is 41.7 Å². The van der Waals surface area contributed by atoms with E-state index in [1.807, 2.05) is 48.5 Å². The molecular formula is C41H52N5O9S+. The van der Waals surface area contributed by atoms with Crippen LogP contribution in [0.2, 0.25) is 0 Å². The van der Waals surface area contributed by atoms with Crippen molar-refractivity contribution in [1.82, 2.24) is 20.1 Å². The minimum absolute atomic E-state index is 0.0401. The molecule has 300 valence electrons. The summed E-state index contributed by atoms with van der Waals surface area (Å²) in [4.78, 5) is 55.9. The van der Waals surface area contributed by atoms with Crippen molar-refractivity contribution >= 4 is 50.5 Å². The van der Waals surface area contributed by atoms with E-state index in [2.05, 4.69) is 47.8 Å². The number of unbranched alkanes of at least 4 members (excludes halogenated alkanes) is 1. The number of carbonyl (C=O) groups excluding carboxylic acids is 3. The van der Waals surface area contributed by atoms with Gasteiger partial charge in [0.15, 0.2) is 0 Å². The molecule has 3 amide bonds. The molecule has 0 aromatic heterocycles. The molecule has 0 bridgehead atoms. The van der Waals surface area contributed by atoms with Crippen LogP contribution in [0.3, 0.4) is 0 Å². The lowest BCUT2D eigenvalue weighted by molar-refractivity contribution is -0.137. The molecule has 5 rings (SSSR count). The van der Waals surface area contributed by atoms with Crippen LogP contribution in [0.25, 0.3) is 33.4 Å². The highest BCUT2D eigenvalue weighted by molar-refractivity contribution is 7.85. The molecule has 0 spiro atoms. The second-order valence-corrected chi connectivity index (χ2v) is 15.3. The number of nitrogens with zero attached hydrogens (tertiary/aromatic N) is 3. The maximum Gasteiger partial charge on any atom is 0.303 e. The quantitative estimate of drug-likeness (QED) is 0.0522. The summed E-state index contributed by atoms with van der Waals surface area (Å²) < 4.78 is 42.2. The predicted octanol–water partition coefficient (Wildman–Crippen LogP) is 4.21. The second-order valence-electron chi connectivity index (χ2n) is 13.8. The summed E-state index contributed by atoms with van der Waals surface area (Å²) in [7, 11) is -4.70. The minimum Gasteiger partial charge on any atom is -0.481 e. The minimum atomic E-state index is -4.70. The number of likely N-dealkylation sites (tertiary alicyclic amines) is 1. The topological polar surface area (TPSA) is 190 Å². The van der Waals surface area contributed by atoms with E-state index in [1.54, 1.807) is 12.1 Å². The Labute approximate surface area is 327 Å². The molecule has 3 aliphatic rings. The monoisotopic (exact) mass is 790 g/mol. The van der Waals surface area contributed by atoms with Crippen molar-refractivity contribution in [2.75, 3.05) is 49.9 Å². The smallest absolute Gasteiger partial charge is 0.303 e. The molecule has 15 heteroatoms. The van der Waals surface area contributed by atoms with Gasteiger partial charge in [0.1, 0.15) is 42.3 Å². The van der Waals surface area contributed by atoms with E-state index in [-0.39, 0.29) is 32.4 Å². The molecule has 2 aromatic carbocycles. The first kappa shape index (κ1) is 41.9. The van der Waals surface area contributed by atoms with Crippen molar-refractivity contribution in [3.8, 4) is 22.5 Å². The van der Waals surface area contributed by atoms with Crippen LogP contribution in [0.4, 0.5) is 5.69 Å². The number of hydrogen-bond acceptors (Lipinski definition) is 8. The average molecular weight is 791 g/mol. The van der Waals surface area contributed by atoms with E-state index in [4.69, 9.17) is 9.52 Å². The van der Waals surface area contributed by atoms with Crippen LogP contribution in [0.15, 0.2) is 65.1 Å². The summed E-state index contributed by atoms with van der Waals surface area (Å²) in [6, 6.07) is 16.7. The zero-order valence-corrected chi connectivity index (χ0v) is 33.2. The van der Waals surface area contributed by atoms with Gasteiger partial charge in [0.2, 0.25) is 17.2 Å². The summed E-state index contributed by atoms with van der Waals surface area (Å²) in [5.41, 5.74) is 4.27. The molecule has 2 aliphatic heterocycles. The largest absolute Gasteiger partial charge is 0.481 e. The zero-order valence-electron chi connectivity index (χ0n) is 32.4. The molecule has 14 nitrogen and oxygen atoms in total. The Kier molecular flexibility index (Phi) is 13.9. The lowest BCUT2D eigenvalue weighted by Gasteiger charge is -2.27. The average Bonchev–Trinajstić information content (AvgIpc) is 3.67. The van der Waals surface area contributed by atoms with Crippen LogP contribution < -0.4 is 25.5 Å². The number of hydrogen-bond donors (Lipinski definition) is 4. The number of aliphatic carboxylic acids is 1. The van der Waals surface area contributed by atoms with Gasteiger partial charge in [-0.15, -0.1) is 0 Å². The number of benzene rings is 3. The Morgan fingerprint density at radius 3 is 2.38 bits per heavy atom. The van der Waals surface area contributed by atoms with Crippen LogP contribution in [-0.2, 0) is 24.5 Å². The number of carboxylic acids is 1. The van der Waals surface area contributed by atoms with E-state index >= 15 is 0 Å². The van der Waals surface area contributed by atoms with Gasteiger partial charge in [-0.3, -0.25) is 23.7 Å². The van der Waals surface area contributed by atoms with Crippen molar-refractivity contribution in [1.29, 1.82) is 0 Å². The highest BCUT2D eigenvalue weighted by atomic mass is 32.2. The third-order valence-corrected chi connectivity index (χ3v) is 11.1. The third-order valence-electron chi connectivity index (χ3n) is 10.3. The van der Waals surface area contributed by atoms with Crippen LogP contribution in [0.1, 0.15) is 70.2 Å². The predicted molar refractivity (Wildman–Crippen MR) is 215 cm³/mol. The Morgan fingerprint density at radius 2 is 1.70 bits per heavy atom. The Bertz CT molecular complexity index is 2230. The molecule has 56 heavy (non-hydrogen) atoms. The van der Waals surface area contributed by atoms with E-state index in [1.165, 1.54) is 4.90 Å². The van der Waals surface area contributed by atoms with Gasteiger partial charge in [-0.1, -0.05) is 18.2 Å². The first-order chi connectivity index (χ1) is 26.8. The van der Waals surface area contributed by atoms with Crippen LogP contribution in [-0.4, -0.2) is 104 Å². The van der Waals surface area contributed by atoms with Gasteiger partial charge < -0.3 is 30.0 Å². The fourth-order valence-electron chi connectivity index (χ4n) is 7.45. The number of amides is 3. The van der Waals surface area contributed by atoms with Crippen molar-refractivity contribution in [3.05, 3.63) is 71.6 Å². The number of carboxylic acid groups (broad SMARTS) is 1. The normalized spacial score (nSPS) is 14.8. The zero-order chi connectivity index (χ0) is 40.6. The second kappa shape index (κ2) is 18.6. The lowest BCUT2D eigenvalue weighted by atomic mass is 9.90. The third kappa shape index (κ3) is 9.74. The van der Waals surface area contributed by atoms with E-state index in [0.717, 1.165) is 53.7 Å². The Morgan fingerprint density at radius 1 is 0.964 bits per heavy atom. The summed E-state index contributed by atoms with van der Waals surface area (Å²) in [6.07, 6.45) is 1.25. The van der Waals surface area contributed by atoms with Gasteiger partial charge in [-0.25, -0.2) is 4.58 Å². The first-order valence-corrected chi connectivity index (χ1v) is 20.9. The van der Waals surface area contributed by atoms with Gasteiger partial charge in [-0.05, 0) is 83.2 Å². The van der Waals surface area contributed by atoms with Gasteiger partial charge in [0.05, 0.1) is 6.07 Å². The summed E-state index contributed by atoms with van der Waals surface area (Å²) >= 11 is 0. The highest BCUT2D eigenvalue weighted by Gasteiger charge is 2.38. The molecule has 0 radical (unpaired) electrons. The SMILES string of the molecule is CCN(CC)c1ccc2c(-c3ccccc3C(=O)N3CCCC3C(=O)NC(CS(=O)(=O)O)C(=O)NCCCCC(=O)O)c3ccc(=[N+](CC)CC)cc-3oc2c1. The highest BCUT2D eigenvalue weighted by Crippen LogP contribution is 2.42. The Balaban J connectivity index is 1.52. The molecule has 2 aromatic rings. The maximum atomic E-state index is 14.6. The molecule has 2 heterocycles. The molecule has 4 N–H and O–H groups in total. The van der Waals surface area contributed by atoms with Crippen molar-refractivity contribution in [2.45, 2.75) is 71.9 Å². The number of fused-ring (bicyclic) bond motifs is 2. The van der Waals surface area contributed by atoms with Gasteiger partial charge >= 0.3 is 5.97 Å². The standard InChI is InChI=1S/C41H51N5O9S/c1-5-44(6-2)27-18-20-31-35(24-27)55-36-25-28(45(7-3)8-4)19-21-32(36)38(31)29-14-9-10-15-30(29)41(51)46-23-13-16-34(46)40(50)43-33(26-56(52,53)54)39(49)42-22-12-11-17-37(47)48/h9-10,14-15,18-21,24-25,33-34H,5-8,11-13,16-17,22-23,26H2,1-4H3,(H3-,42,43,47,48,49,50,52,53,54)/p+1. The molecule has 2 atom stereocenters. The summed E-state index contributed by atoms with van der Waals surface area (Å²) in [5, 5.41) is 15.6. The van der Waals surface area contributed by atoms with Gasteiger partial charge in [0, 0.05) is 72.5 Å². The molecule has 0 saturated carbocycles. The number of rotatable bonds is 17. The summed E-state index contributed by atoms with van der Waals surface area (Å²) in [6.45, 7) is 11.9. The van der Waals surface area contributed by atoms with Crippen molar-refractivity contribution in [3.63, 3.8) is 0 Å². The van der Waals surface area contributed by atoms with Gasteiger partial charge in [0.25, 0.3) is 16.0 Å². The lowest BCUT2D eigenvalue weighted by Crippen LogP contribution is -2.55. The fraction of sp³-hybridized carbons (Fsp3) is 0.439. The van der Waals surface area contributed by atoms with Crippen LogP contribution >= 0.6 is 0 Å². The van der Waals surface area contributed by atoms with Crippen molar-refractivity contribution in [2.24, 2.45) is 0 Å². The Hall–Kier alpha value is -5.28. The molecule has 2 unspecified atom stereocenters. The number of nitrogens with one attached hydrogen (secondary N) is 2. The van der Waals surface area contributed by atoms with Crippen LogP contribution in [0, 0.1) is 0 Å². The van der Waals surface area contributed by atoms with E-state index < -0.39 is 51.6 Å². The first-order valence-electron chi connectivity index (χ1n) is 19.3. The van der Waals surface area contributed by atoms with E-state index in [9.17, 15) is 32.1 Å². The maximum absolute atomic E-state index is 14.6. The fourth-order valence-corrected chi connectivity index (χ4v) is 8.11. The molecule has 1 aliphatic carbocycles. The summed E-state index contributed by atoms with van der Waals surface area (Å²) in [5.74, 6) is -3.40. The number of carbonyl (C=O) groups is 4. The van der Waals surface area contributed by atoms with Crippen LogP contribution in [0.5, 0.6) is 0 Å².